The van der Waals surface area contributed by atoms with Crippen LogP contribution in [0, 0.1) is 5.41 Å². The molecule has 0 spiro atoms. The van der Waals surface area contributed by atoms with Crippen molar-refractivity contribution in [3.63, 3.8) is 0 Å². The quantitative estimate of drug-likeness (QED) is 0.441. The zero-order valence-corrected chi connectivity index (χ0v) is 11.7. The van der Waals surface area contributed by atoms with E-state index in [2.05, 4.69) is 31.7 Å². The highest BCUT2D eigenvalue weighted by molar-refractivity contribution is 6.00. The van der Waals surface area contributed by atoms with Crippen molar-refractivity contribution in [2.24, 2.45) is 5.73 Å². The maximum atomic E-state index is 7.67. The minimum absolute atomic E-state index is 0.145. The maximum Gasteiger partial charge on any atom is 0.124 e. The minimum atomic E-state index is 0.145. The first kappa shape index (κ1) is 14.6. The fraction of sp³-hybridized carbons (Fsp3) is 0.533. The van der Waals surface area contributed by atoms with Crippen molar-refractivity contribution in [3.8, 4) is 0 Å². The molecule has 0 saturated carbocycles. The molecule has 100 valence electrons. The van der Waals surface area contributed by atoms with Gasteiger partial charge in [0, 0.05) is 23.8 Å². The van der Waals surface area contributed by atoms with Crippen LogP contribution in [0.5, 0.6) is 0 Å². The summed E-state index contributed by atoms with van der Waals surface area (Å²) in [7, 11) is 0. The summed E-state index contributed by atoms with van der Waals surface area (Å²) < 4.78 is 0. The number of hydrogen-bond donors (Lipinski definition) is 2. The topological polar surface area (TPSA) is 53.1 Å². The molecule has 0 fully saturated rings. The number of unbranched alkanes of at least 4 members (excludes halogenated alkanes) is 2. The van der Waals surface area contributed by atoms with E-state index in [-0.39, 0.29) is 5.84 Å². The van der Waals surface area contributed by atoms with E-state index in [1.54, 1.807) is 0 Å². The molecular formula is C15H25N3. The van der Waals surface area contributed by atoms with Crippen molar-refractivity contribution in [1.82, 2.24) is 0 Å². The third kappa shape index (κ3) is 3.76. The van der Waals surface area contributed by atoms with E-state index in [0.717, 1.165) is 17.8 Å². The van der Waals surface area contributed by atoms with E-state index in [1.807, 2.05) is 18.2 Å². The number of anilines is 1. The van der Waals surface area contributed by atoms with Crippen molar-refractivity contribution in [1.29, 1.82) is 5.41 Å². The second kappa shape index (κ2) is 7.04. The van der Waals surface area contributed by atoms with Crippen LogP contribution in [0.1, 0.15) is 45.6 Å². The molecule has 3 nitrogen and oxygen atoms in total. The van der Waals surface area contributed by atoms with E-state index in [4.69, 9.17) is 11.1 Å². The fourth-order valence-electron chi connectivity index (χ4n) is 2.14. The summed E-state index contributed by atoms with van der Waals surface area (Å²) in [6, 6.07) is 8.35. The number of nitrogens with one attached hydrogen (secondary N) is 1. The molecule has 1 aromatic rings. The first-order chi connectivity index (χ1) is 8.57. The number of rotatable bonds is 7. The Kier molecular flexibility index (Phi) is 5.69. The average Bonchev–Trinajstić information content (AvgIpc) is 2.34. The predicted molar refractivity (Wildman–Crippen MR) is 79.5 cm³/mol. The normalized spacial score (nSPS) is 10.7. The minimum Gasteiger partial charge on any atom is -0.384 e. The Labute approximate surface area is 111 Å². The standard InChI is InChI=1S/C15H25N3/c1-4-5-8-11-18(12(2)3)14-10-7-6-9-13(14)15(16)17/h6-7,9-10,12H,4-5,8,11H2,1-3H3,(H3,16,17). The van der Waals surface area contributed by atoms with Gasteiger partial charge in [0.25, 0.3) is 0 Å². The molecule has 1 aromatic carbocycles. The molecule has 0 saturated heterocycles. The molecule has 0 amide bonds. The van der Waals surface area contributed by atoms with Crippen molar-refractivity contribution in [2.75, 3.05) is 11.4 Å². The Bertz CT molecular complexity index is 385. The molecule has 0 aliphatic heterocycles. The highest BCUT2D eigenvalue weighted by atomic mass is 15.2. The second-order valence-electron chi connectivity index (χ2n) is 4.93. The Hall–Kier alpha value is -1.51. The Morgan fingerprint density at radius 1 is 1.28 bits per heavy atom. The van der Waals surface area contributed by atoms with Gasteiger partial charge in [-0.1, -0.05) is 31.9 Å². The van der Waals surface area contributed by atoms with Crippen LogP contribution < -0.4 is 10.6 Å². The van der Waals surface area contributed by atoms with Crippen LogP contribution in [0.2, 0.25) is 0 Å². The zero-order chi connectivity index (χ0) is 13.5. The van der Waals surface area contributed by atoms with Gasteiger partial charge in [-0.25, -0.2) is 0 Å². The summed E-state index contributed by atoms with van der Waals surface area (Å²) in [6.45, 7) is 7.60. The third-order valence-electron chi connectivity index (χ3n) is 3.13. The van der Waals surface area contributed by atoms with Gasteiger partial charge in [0.1, 0.15) is 5.84 Å². The van der Waals surface area contributed by atoms with Crippen molar-refractivity contribution >= 4 is 11.5 Å². The van der Waals surface area contributed by atoms with Gasteiger partial charge in [-0.15, -0.1) is 0 Å². The maximum absolute atomic E-state index is 7.67. The molecule has 0 heterocycles. The van der Waals surface area contributed by atoms with Crippen LogP contribution in [-0.2, 0) is 0 Å². The lowest BCUT2D eigenvalue weighted by Gasteiger charge is -2.30. The van der Waals surface area contributed by atoms with Crippen LogP contribution in [0.15, 0.2) is 24.3 Å². The number of benzene rings is 1. The van der Waals surface area contributed by atoms with Crippen molar-refractivity contribution in [3.05, 3.63) is 29.8 Å². The molecule has 0 aromatic heterocycles. The number of amidine groups is 1. The van der Waals surface area contributed by atoms with Gasteiger partial charge in [0.2, 0.25) is 0 Å². The summed E-state index contributed by atoms with van der Waals surface area (Å²) in [4.78, 5) is 2.34. The molecule has 0 aliphatic rings. The van der Waals surface area contributed by atoms with E-state index in [9.17, 15) is 0 Å². The molecule has 0 atom stereocenters. The van der Waals surface area contributed by atoms with Crippen LogP contribution in [0.25, 0.3) is 0 Å². The number of hydrogen-bond acceptors (Lipinski definition) is 2. The fourth-order valence-corrected chi connectivity index (χ4v) is 2.14. The Morgan fingerprint density at radius 2 is 1.94 bits per heavy atom. The first-order valence-corrected chi connectivity index (χ1v) is 6.78. The number of nitrogen functional groups attached to an aromatic ring is 1. The predicted octanol–water partition coefficient (Wildman–Crippen LogP) is 3.38. The second-order valence-corrected chi connectivity index (χ2v) is 4.93. The summed E-state index contributed by atoms with van der Waals surface area (Å²) >= 11 is 0. The number of nitrogens with two attached hydrogens (primary N) is 1. The van der Waals surface area contributed by atoms with Gasteiger partial charge < -0.3 is 10.6 Å². The van der Waals surface area contributed by atoms with Gasteiger partial charge in [-0.2, -0.15) is 0 Å². The summed E-state index contributed by atoms with van der Waals surface area (Å²) in [5.74, 6) is 0.145. The van der Waals surface area contributed by atoms with Gasteiger partial charge >= 0.3 is 0 Å². The first-order valence-electron chi connectivity index (χ1n) is 6.78. The van der Waals surface area contributed by atoms with Crippen LogP contribution in [-0.4, -0.2) is 18.4 Å². The van der Waals surface area contributed by atoms with E-state index < -0.39 is 0 Å². The monoisotopic (exact) mass is 247 g/mol. The summed E-state index contributed by atoms with van der Waals surface area (Å²) in [6.07, 6.45) is 3.65. The molecule has 18 heavy (non-hydrogen) atoms. The summed E-state index contributed by atoms with van der Waals surface area (Å²) in [5.41, 5.74) is 7.58. The van der Waals surface area contributed by atoms with E-state index in [0.29, 0.717) is 6.04 Å². The van der Waals surface area contributed by atoms with Gasteiger partial charge in [0.05, 0.1) is 0 Å². The Morgan fingerprint density at radius 3 is 2.50 bits per heavy atom. The molecular weight excluding hydrogens is 222 g/mol. The lowest BCUT2D eigenvalue weighted by Crippen LogP contribution is -2.33. The molecule has 3 N–H and O–H groups in total. The van der Waals surface area contributed by atoms with Crippen LogP contribution in [0.4, 0.5) is 5.69 Å². The average molecular weight is 247 g/mol. The number of para-hydroxylation sites is 1. The zero-order valence-electron chi connectivity index (χ0n) is 11.7. The van der Waals surface area contributed by atoms with E-state index >= 15 is 0 Å². The smallest absolute Gasteiger partial charge is 0.124 e. The molecule has 0 bridgehead atoms. The van der Waals surface area contributed by atoms with Crippen LogP contribution >= 0.6 is 0 Å². The Balaban J connectivity index is 2.94. The molecule has 0 radical (unpaired) electrons. The van der Waals surface area contributed by atoms with Crippen molar-refractivity contribution in [2.45, 2.75) is 46.1 Å². The molecule has 0 aliphatic carbocycles. The lowest BCUT2D eigenvalue weighted by atomic mass is 10.1. The number of nitrogens with zero attached hydrogens (tertiary/aromatic N) is 1. The van der Waals surface area contributed by atoms with Crippen LogP contribution in [0.3, 0.4) is 0 Å². The largest absolute Gasteiger partial charge is 0.384 e. The molecule has 0 unspecified atom stereocenters. The molecule has 3 heteroatoms. The summed E-state index contributed by atoms with van der Waals surface area (Å²) in [5, 5.41) is 7.67. The van der Waals surface area contributed by atoms with Gasteiger partial charge in [-0.05, 0) is 32.4 Å². The van der Waals surface area contributed by atoms with Gasteiger partial charge in [0.15, 0.2) is 0 Å². The highest BCUT2D eigenvalue weighted by Gasteiger charge is 2.14. The highest BCUT2D eigenvalue weighted by Crippen LogP contribution is 2.22. The van der Waals surface area contributed by atoms with Crippen molar-refractivity contribution < 1.29 is 0 Å². The van der Waals surface area contributed by atoms with E-state index in [1.165, 1.54) is 19.3 Å². The molecule has 1 rings (SSSR count). The van der Waals surface area contributed by atoms with Gasteiger partial charge in [-0.3, -0.25) is 5.41 Å². The lowest BCUT2D eigenvalue weighted by molar-refractivity contribution is 0.625. The SMILES string of the molecule is CCCCCN(c1ccccc1C(=N)N)C(C)C. The third-order valence-corrected chi connectivity index (χ3v) is 3.13.